The number of amides is 1. The number of nitrogens with one attached hydrogen (secondary N) is 1. The molecule has 0 aliphatic carbocycles. The van der Waals surface area contributed by atoms with Crippen LogP contribution in [-0.4, -0.2) is 12.5 Å². The van der Waals surface area contributed by atoms with Crippen LogP contribution in [0.2, 0.25) is 0 Å². The maximum absolute atomic E-state index is 12.2. The minimum atomic E-state index is -0.341. The van der Waals surface area contributed by atoms with Crippen molar-refractivity contribution in [3.63, 3.8) is 0 Å². The van der Waals surface area contributed by atoms with E-state index in [0.29, 0.717) is 0 Å². The normalized spacial score (nSPS) is 11.3. The molecule has 1 rings (SSSR count). The first-order valence-electron chi connectivity index (χ1n) is 7.38. The first kappa shape index (κ1) is 15.7. The lowest BCUT2D eigenvalue weighted by Gasteiger charge is -2.23. The number of unbranched alkanes of at least 4 members (excludes halogenated alkanes) is 3. The van der Waals surface area contributed by atoms with Crippen molar-refractivity contribution in [3.05, 3.63) is 35.9 Å². The highest BCUT2D eigenvalue weighted by molar-refractivity contribution is 5.82. The van der Waals surface area contributed by atoms with E-state index in [1.165, 1.54) is 24.8 Å². The molecule has 0 aromatic heterocycles. The van der Waals surface area contributed by atoms with Gasteiger partial charge in [-0.15, -0.1) is 0 Å². The van der Waals surface area contributed by atoms with Gasteiger partial charge in [-0.05, 0) is 18.4 Å². The molecule has 19 heavy (non-hydrogen) atoms. The van der Waals surface area contributed by atoms with E-state index in [-0.39, 0.29) is 11.3 Å². The van der Waals surface area contributed by atoms with Crippen LogP contribution in [0, 0.1) is 5.41 Å². The second-order valence-electron chi connectivity index (χ2n) is 5.86. The van der Waals surface area contributed by atoms with Crippen LogP contribution in [0.3, 0.4) is 0 Å². The number of rotatable bonds is 8. The third kappa shape index (κ3) is 5.91. The number of carbonyl (C=O) groups is 1. The molecule has 1 aromatic rings. The van der Waals surface area contributed by atoms with E-state index in [1.54, 1.807) is 0 Å². The van der Waals surface area contributed by atoms with Crippen molar-refractivity contribution in [2.75, 3.05) is 6.54 Å². The summed E-state index contributed by atoms with van der Waals surface area (Å²) in [6.07, 6.45) is 5.56. The van der Waals surface area contributed by atoms with Gasteiger partial charge in [-0.2, -0.15) is 0 Å². The molecule has 2 nitrogen and oxygen atoms in total. The Morgan fingerprint density at radius 1 is 1.11 bits per heavy atom. The molecule has 0 bridgehead atoms. The minimum Gasteiger partial charge on any atom is -0.356 e. The van der Waals surface area contributed by atoms with Crippen molar-refractivity contribution >= 4 is 5.91 Å². The van der Waals surface area contributed by atoms with Gasteiger partial charge in [0.05, 0.1) is 0 Å². The maximum atomic E-state index is 12.2. The van der Waals surface area contributed by atoms with E-state index >= 15 is 0 Å². The van der Waals surface area contributed by atoms with Gasteiger partial charge in [0.1, 0.15) is 0 Å². The van der Waals surface area contributed by atoms with E-state index in [9.17, 15) is 4.79 Å². The Bertz CT molecular complexity index is 370. The van der Waals surface area contributed by atoms with Gasteiger partial charge in [0, 0.05) is 12.0 Å². The van der Waals surface area contributed by atoms with Crippen molar-refractivity contribution in [2.45, 2.75) is 52.9 Å². The smallest absolute Gasteiger partial charge is 0.225 e. The summed E-state index contributed by atoms with van der Waals surface area (Å²) in [6.45, 7) is 7.03. The van der Waals surface area contributed by atoms with Crippen molar-refractivity contribution in [1.82, 2.24) is 5.32 Å². The van der Waals surface area contributed by atoms with Gasteiger partial charge in [-0.1, -0.05) is 70.4 Å². The molecule has 0 unspecified atom stereocenters. The average Bonchev–Trinajstić information content (AvgIpc) is 2.39. The van der Waals surface area contributed by atoms with Gasteiger partial charge >= 0.3 is 0 Å². The molecular weight excluding hydrogens is 234 g/mol. The SMILES string of the molecule is CCCCCCNC(=O)C(C)(C)Cc1ccccc1. The largest absolute Gasteiger partial charge is 0.356 e. The van der Waals surface area contributed by atoms with E-state index in [0.717, 1.165) is 19.4 Å². The van der Waals surface area contributed by atoms with E-state index in [1.807, 2.05) is 32.0 Å². The molecule has 2 heteroatoms. The predicted molar refractivity (Wildman–Crippen MR) is 81.1 cm³/mol. The fraction of sp³-hybridized carbons (Fsp3) is 0.588. The molecule has 0 atom stereocenters. The molecule has 1 amide bonds. The molecule has 1 aromatic carbocycles. The Morgan fingerprint density at radius 3 is 2.42 bits per heavy atom. The molecule has 0 aliphatic heterocycles. The number of benzene rings is 1. The Hall–Kier alpha value is -1.31. The van der Waals surface area contributed by atoms with Gasteiger partial charge in [-0.3, -0.25) is 4.79 Å². The van der Waals surface area contributed by atoms with Crippen LogP contribution in [0.5, 0.6) is 0 Å². The Labute approximate surface area is 117 Å². The van der Waals surface area contributed by atoms with Crippen LogP contribution in [0.1, 0.15) is 52.0 Å². The molecule has 1 N–H and O–H groups in total. The zero-order chi connectivity index (χ0) is 14.1. The Morgan fingerprint density at radius 2 is 1.79 bits per heavy atom. The Kier molecular flexibility index (Phi) is 6.61. The first-order valence-corrected chi connectivity index (χ1v) is 7.38. The first-order chi connectivity index (χ1) is 9.06. The molecule has 0 aliphatic rings. The highest BCUT2D eigenvalue weighted by Gasteiger charge is 2.27. The third-order valence-electron chi connectivity index (χ3n) is 3.42. The lowest BCUT2D eigenvalue weighted by molar-refractivity contribution is -0.129. The zero-order valence-corrected chi connectivity index (χ0v) is 12.5. The average molecular weight is 261 g/mol. The number of hydrogen-bond acceptors (Lipinski definition) is 1. The van der Waals surface area contributed by atoms with Gasteiger partial charge in [-0.25, -0.2) is 0 Å². The topological polar surface area (TPSA) is 29.1 Å². The molecule has 0 saturated heterocycles. The number of hydrogen-bond donors (Lipinski definition) is 1. The summed E-state index contributed by atoms with van der Waals surface area (Å²) in [5.41, 5.74) is 0.875. The standard InChI is InChI=1S/C17H27NO/c1-4-5-6-10-13-18-16(19)17(2,3)14-15-11-8-7-9-12-15/h7-9,11-12H,4-6,10,13-14H2,1-3H3,(H,18,19). The van der Waals surface area contributed by atoms with Gasteiger partial charge in [0.2, 0.25) is 5.91 Å². The minimum absolute atomic E-state index is 0.160. The highest BCUT2D eigenvalue weighted by Crippen LogP contribution is 2.21. The number of carbonyl (C=O) groups excluding carboxylic acids is 1. The predicted octanol–water partition coefficient (Wildman–Crippen LogP) is 3.95. The van der Waals surface area contributed by atoms with Crippen LogP contribution < -0.4 is 5.32 Å². The summed E-state index contributed by atoms with van der Waals surface area (Å²) in [6, 6.07) is 10.2. The summed E-state index contributed by atoms with van der Waals surface area (Å²) in [4.78, 5) is 12.2. The second-order valence-corrected chi connectivity index (χ2v) is 5.86. The van der Waals surface area contributed by atoms with Crippen LogP contribution in [0.4, 0.5) is 0 Å². The quantitative estimate of drug-likeness (QED) is 0.705. The lowest BCUT2D eigenvalue weighted by atomic mass is 9.85. The van der Waals surface area contributed by atoms with Crippen LogP contribution in [-0.2, 0) is 11.2 Å². The molecule has 106 valence electrons. The second kappa shape index (κ2) is 7.98. The highest BCUT2D eigenvalue weighted by atomic mass is 16.2. The van der Waals surface area contributed by atoms with Crippen LogP contribution in [0.15, 0.2) is 30.3 Å². The molecule has 0 spiro atoms. The van der Waals surface area contributed by atoms with Crippen LogP contribution >= 0.6 is 0 Å². The van der Waals surface area contributed by atoms with Crippen LogP contribution in [0.25, 0.3) is 0 Å². The molecular formula is C17H27NO. The van der Waals surface area contributed by atoms with E-state index < -0.39 is 0 Å². The lowest BCUT2D eigenvalue weighted by Crippen LogP contribution is -2.38. The summed E-state index contributed by atoms with van der Waals surface area (Å²) in [5.74, 6) is 0.160. The third-order valence-corrected chi connectivity index (χ3v) is 3.42. The summed E-state index contributed by atoms with van der Waals surface area (Å²) >= 11 is 0. The monoisotopic (exact) mass is 261 g/mol. The van der Waals surface area contributed by atoms with E-state index in [2.05, 4.69) is 24.4 Å². The van der Waals surface area contributed by atoms with Gasteiger partial charge < -0.3 is 5.32 Å². The molecule has 0 saturated carbocycles. The molecule has 0 heterocycles. The van der Waals surface area contributed by atoms with Crippen molar-refractivity contribution in [3.8, 4) is 0 Å². The fourth-order valence-electron chi connectivity index (χ4n) is 2.18. The van der Waals surface area contributed by atoms with Crippen molar-refractivity contribution in [1.29, 1.82) is 0 Å². The zero-order valence-electron chi connectivity index (χ0n) is 12.5. The van der Waals surface area contributed by atoms with Gasteiger partial charge in [0.25, 0.3) is 0 Å². The summed E-state index contributed by atoms with van der Waals surface area (Å²) in [7, 11) is 0. The summed E-state index contributed by atoms with van der Waals surface area (Å²) in [5, 5.41) is 3.06. The summed E-state index contributed by atoms with van der Waals surface area (Å²) < 4.78 is 0. The molecule has 0 fully saturated rings. The van der Waals surface area contributed by atoms with Gasteiger partial charge in [0.15, 0.2) is 0 Å². The van der Waals surface area contributed by atoms with E-state index in [4.69, 9.17) is 0 Å². The fourth-order valence-corrected chi connectivity index (χ4v) is 2.18. The maximum Gasteiger partial charge on any atom is 0.225 e. The van der Waals surface area contributed by atoms with Crippen molar-refractivity contribution < 1.29 is 4.79 Å². The molecule has 0 radical (unpaired) electrons. The Balaban J connectivity index is 2.37. The van der Waals surface area contributed by atoms with Crippen molar-refractivity contribution in [2.24, 2.45) is 5.41 Å².